The molecular weight excluding hydrogens is 224 g/mol. The van der Waals surface area contributed by atoms with Gasteiger partial charge >= 0.3 is 0 Å². The molecule has 4 rings (SSSR count). The van der Waals surface area contributed by atoms with Gasteiger partial charge in [-0.1, -0.05) is 18.2 Å². The van der Waals surface area contributed by atoms with Gasteiger partial charge in [-0.15, -0.1) is 0 Å². The second-order valence-electron chi connectivity index (χ2n) is 5.88. The highest BCUT2D eigenvalue weighted by Crippen LogP contribution is 2.46. The largest absolute Gasteiger partial charge is 0.312 e. The van der Waals surface area contributed by atoms with Crippen molar-refractivity contribution in [3.63, 3.8) is 0 Å². The maximum absolute atomic E-state index is 12.6. The molecule has 1 saturated heterocycles. The summed E-state index contributed by atoms with van der Waals surface area (Å²) in [5.74, 6) is 0.978. The summed E-state index contributed by atoms with van der Waals surface area (Å²) >= 11 is 0. The van der Waals surface area contributed by atoms with Gasteiger partial charge in [0.25, 0.3) is 0 Å². The van der Waals surface area contributed by atoms with E-state index in [9.17, 15) is 4.79 Å². The highest BCUT2D eigenvalue weighted by Gasteiger charge is 2.45. The third-order valence-corrected chi connectivity index (χ3v) is 4.73. The summed E-state index contributed by atoms with van der Waals surface area (Å²) in [7, 11) is 2.12. The first-order chi connectivity index (χ1) is 8.75. The average Bonchev–Trinajstić information content (AvgIpc) is 2.78. The number of carbonyl (C=O) groups excluding carboxylic acids is 1. The number of amides is 1. The molecule has 0 N–H and O–H groups in total. The Balaban J connectivity index is 1.92. The van der Waals surface area contributed by atoms with Gasteiger partial charge in [0.15, 0.2) is 0 Å². The highest BCUT2D eigenvalue weighted by atomic mass is 16.2. The molecule has 0 spiro atoms. The molecule has 0 saturated carbocycles. The summed E-state index contributed by atoms with van der Waals surface area (Å²) in [5, 5.41) is 0. The Morgan fingerprint density at radius 2 is 2.06 bits per heavy atom. The van der Waals surface area contributed by atoms with E-state index < -0.39 is 0 Å². The molecule has 0 aromatic heterocycles. The van der Waals surface area contributed by atoms with Gasteiger partial charge in [0, 0.05) is 25.6 Å². The van der Waals surface area contributed by atoms with E-state index >= 15 is 0 Å². The van der Waals surface area contributed by atoms with E-state index in [0.717, 1.165) is 32.5 Å². The summed E-state index contributed by atoms with van der Waals surface area (Å²) < 4.78 is 0. The number of carbonyl (C=O) groups is 1. The van der Waals surface area contributed by atoms with Crippen molar-refractivity contribution in [2.45, 2.75) is 18.8 Å². The van der Waals surface area contributed by atoms with Crippen LogP contribution in [0.2, 0.25) is 0 Å². The van der Waals surface area contributed by atoms with Gasteiger partial charge in [0.2, 0.25) is 5.91 Å². The van der Waals surface area contributed by atoms with Crippen molar-refractivity contribution in [1.82, 2.24) is 4.90 Å². The van der Waals surface area contributed by atoms with Gasteiger partial charge in [-0.25, -0.2) is 0 Å². The summed E-state index contributed by atoms with van der Waals surface area (Å²) in [5.41, 5.74) is 4.05. The van der Waals surface area contributed by atoms with Crippen molar-refractivity contribution in [3.05, 3.63) is 29.3 Å². The smallest absolute Gasteiger partial charge is 0.232 e. The summed E-state index contributed by atoms with van der Waals surface area (Å²) in [6, 6.07) is 6.60. The van der Waals surface area contributed by atoms with Crippen LogP contribution in [0, 0.1) is 5.92 Å². The molecule has 1 amide bonds. The maximum Gasteiger partial charge on any atom is 0.232 e. The van der Waals surface area contributed by atoms with Crippen molar-refractivity contribution in [2.75, 3.05) is 31.6 Å². The minimum Gasteiger partial charge on any atom is -0.312 e. The molecular formula is C15H18N2O. The Morgan fingerprint density at radius 1 is 1.22 bits per heavy atom. The minimum absolute atomic E-state index is 0.191. The second-order valence-corrected chi connectivity index (χ2v) is 5.88. The molecule has 0 bridgehead atoms. The molecule has 1 aromatic rings. The van der Waals surface area contributed by atoms with Crippen molar-refractivity contribution in [2.24, 2.45) is 5.92 Å². The van der Waals surface area contributed by atoms with E-state index in [2.05, 4.69) is 35.0 Å². The van der Waals surface area contributed by atoms with E-state index in [1.54, 1.807) is 0 Å². The van der Waals surface area contributed by atoms with Gasteiger partial charge in [0.1, 0.15) is 0 Å². The van der Waals surface area contributed by atoms with E-state index in [1.165, 1.54) is 16.8 Å². The van der Waals surface area contributed by atoms with Crippen LogP contribution in [0.5, 0.6) is 0 Å². The molecule has 2 atom stereocenters. The van der Waals surface area contributed by atoms with E-state index in [4.69, 9.17) is 0 Å². The van der Waals surface area contributed by atoms with Gasteiger partial charge in [-0.3, -0.25) is 4.79 Å². The number of likely N-dealkylation sites (tertiary alicyclic amines) is 1. The lowest BCUT2D eigenvalue weighted by Gasteiger charge is -2.40. The molecule has 3 heteroatoms. The molecule has 3 aliphatic heterocycles. The molecule has 3 nitrogen and oxygen atoms in total. The summed E-state index contributed by atoms with van der Waals surface area (Å²) in [6.45, 7) is 2.86. The van der Waals surface area contributed by atoms with Crippen LogP contribution >= 0.6 is 0 Å². The van der Waals surface area contributed by atoms with Crippen molar-refractivity contribution in [1.29, 1.82) is 0 Å². The van der Waals surface area contributed by atoms with Crippen LogP contribution in [0.3, 0.4) is 0 Å². The second kappa shape index (κ2) is 3.58. The van der Waals surface area contributed by atoms with Crippen LogP contribution in [0.15, 0.2) is 18.2 Å². The molecule has 94 valence electrons. The van der Waals surface area contributed by atoms with Gasteiger partial charge < -0.3 is 9.80 Å². The number of likely N-dealkylation sites (N-methyl/N-ethyl adjacent to an activating group) is 1. The van der Waals surface area contributed by atoms with Crippen molar-refractivity contribution >= 4 is 11.6 Å². The molecule has 1 fully saturated rings. The fourth-order valence-electron chi connectivity index (χ4n) is 3.97. The Labute approximate surface area is 107 Å². The van der Waals surface area contributed by atoms with Gasteiger partial charge in [-0.05, 0) is 31.0 Å². The first kappa shape index (κ1) is 10.6. The fraction of sp³-hybridized carbons (Fsp3) is 0.533. The number of para-hydroxylation sites is 1. The Hall–Kier alpha value is -1.35. The van der Waals surface area contributed by atoms with E-state index in [0.29, 0.717) is 11.8 Å². The monoisotopic (exact) mass is 242 g/mol. The third-order valence-electron chi connectivity index (χ3n) is 4.73. The minimum atomic E-state index is 0.191. The van der Waals surface area contributed by atoms with Crippen LogP contribution in [0.4, 0.5) is 5.69 Å². The molecule has 3 aliphatic rings. The zero-order chi connectivity index (χ0) is 12.3. The number of nitrogens with zero attached hydrogens (tertiary/aromatic N) is 2. The van der Waals surface area contributed by atoms with E-state index in [-0.39, 0.29) is 5.92 Å². The quantitative estimate of drug-likeness (QED) is 0.690. The van der Waals surface area contributed by atoms with Gasteiger partial charge in [-0.2, -0.15) is 0 Å². The third kappa shape index (κ3) is 1.25. The molecule has 0 radical (unpaired) electrons. The number of anilines is 1. The van der Waals surface area contributed by atoms with Crippen molar-refractivity contribution in [3.8, 4) is 0 Å². The molecule has 0 aliphatic carbocycles. The van der Waals surface area contributed by atoms with Crippen LogP contribution in [0.1, 0.15) is 23.5 Å². The zero-order valence-electron chi connectivity index (χ0n) is 10.7. The maximum atomic E-state index is 12.6. The predicted octanol–water partition coefficient (Wildman–Crippen LogP) is 1.62. The summed E-state index contributed by atoms with van der Waals surface area (Å²) in [6.07, 6.45) is 2.23. The first-order valence-corrected chi connectivity index (χ1v) is 6.87. The summed E-state index contributed by atoms with van der Waals surface area (Å²) in [4.78, 5) is 17.0. The van der Waals surface area contributed by atoms with E-state index in [1.807, 2.05) is 0 Å². The lowest BCUT2D eigenvalue weighted by molar-refractivity contribution is -0.122. The number of benzene rings is 1. The average molecular weight is 242 g/mol. The Kier molecular flexibility index (Phi) is 2.10. The van der Waals surface area contributed by atoms with Crippen molar-refractivity contribution < 1.29 is 4.79 Å². The standard InChI is InChI=1S/C15H18N2O/c1-16-8-12-11-6-2-4-10-5-3-7-17(14(10)11)15(18)13(12)9-16/h2,4,6,12-13H,3,5,7-9H2,1H3/t12-,13-/m1/s1. The number of hydrogen-bond acceptors (Lipinski definition) is 2. The van der Waals surface area contributed by atoms with Crippen LogP contribution < -0.4 is 4.90 Å². The topological polar surface area (TPSA) is 23.6 Å². The molecule has 3 heterocycles. The van der Waals surface area contributed by atoms with Crippen LogP contribution in [-0.2, 0) is 11.2 Å². The van der Waals surface area contributed by atoms with Crippen LogP contribution in [-0.4, -0.2) is 37.5 Å². The highest BCUT2D eigenvalue weighted by molar-refractivity contribution is 6.00. The number of rotatable bonds is 0. The Morgan fingerprint density at radius 3 is 2.94 bits per heavy atom. The Bertz CT molecular complexity index is 525. The number of fused-ring (bicyclic) bond motifs is 2. The normalized spacial score (nSPS) is 30.3. The SMILES string of the molecule is CN1C[C@@H]2c3cccc4c3N(CCC4)C(=O)[C@@H]2C1. The first-order valence-electron chi connectivity index (χ1n) is 6.87. The zero-order valence-corrected chi connectivity index (χ0v) is 10.7. The lowest BCUT2D eigenvalue weighted by Crippen LogP contribution is -2.45. The number of aryl methyl sites for hydroxylation is 1. The molecule has 18 heavy (non-hydrogen) atoms. The lowest BCUT2D eigenvalue weighted by atomic mass is 9.80. The van der Waals surface area contributed by atoms with Crippen LogP contribution in [0.25, 0.3) is 0 Å². The number of hydrogen-bond donors (Lipinski definition) is 0. The molecule has 0 unspecified atom stereocenters. The predicted molar refractivity (Wildman–Crippen MR) is 70.8 cm³/mol. The fourth-order valence-corrected chi connectivity index (χ4v) is 3.97. The molecule has 1 aromatic carbocycles. The van der Waals surface area contributed by atoms with Gasteiger partial charge in [0.05, 0.1) is 11.6 Å².